The zero-order chi connectivity index (χ0) is 17.4. The smallest absolute Gasteiger partial charge is 0.132 e. The fraction of sp³-hybridized carbons (Fsp3) is 0.579. The van der Waals surface area contributed by atoms with Crippen molar-refractivity contribution in [2.75, 3.05) is 31.1 Å². The maximum atomic E-state index is 4.51. The highest BCUT2D eigenvalue weighted by Crippen LogP contribution is 2.34. The monoisotopic (exact) mass is 338 g/mol. The molecule has 4 rings (SSSR count). The van der Waals surface area contributed by atoms with E-state index in [4.69, 9.17) is 0 Å². The molecule has 2 fully saturated rings. The van der Waals surface area contributed by atoms with Crippen molar-refractivity contribution >= 4 is 5.82 Å². The molecule has 2 atom stereocenters. The molecule has 0 saturated carbocycles. The van der Waals surface area contributed by atoms with Crippen LogP contribution in [0.15, 0.2) is 24.8 Å². The molecule has 0 radical (unpaired) electrons. The van der Waals surface area contributed by atoms with Crippen LogP contribution in [0.25, 0.3) is 0 Å². The molecule has 6 heteroatoms. The zero-order valence-electron chi connectivity index (χ0n) is 15.3. The number of aryl methyl sites for hydroxylation is 1. The first-order chi connectivity index (χ1) is 12.1. The lowest BCUT2D eigenvalue weighted by Gasteiger charge is -2.22. The number of hydrogen-bond acceptors (Lipinski definition) is 6. The van der Waals surface area contributed by atoms with Gasteiger partial charge in [-0.3, -0.25) is 14.9 Å². The predicted octanol–water partition coefficient (Wildman–Crippen LogP) is 2.27. The van der Waals surface area contributed by atoms with E-state index in [9.17, 15) is 0 Å². The van der Waals surface area contributed by atoms with Crippen LogP contribution in [0, 0.1) is 18.8 Å². The minimum Gasteiger partial charge on any atom is -0.356 e. The lowest BCUT2D eigenvalue weighted by molar-refractivity contribution is 0.304. The van der Waals surface area contributed by atoms with E-state index in [-0.39, 0.29) is 0 Å². The molecule has 0 spiro atoms. The van der Waals surface area contributed by atoms with Gasteiger partial charge in [0.25, 0.3) is 0 Å². The Bertz CT molecular complexity index is 732. The molecule has 0 bridgehead atoms. The van der Waals surface area contributed by atoms with E-state index < -0.39 is 0 Å². The van der Waals surface area contributed by atoms with Crippen LogP contribution >= 0.6 is 0 Å². The maximum Gasteiger partial charge on any atom is 0.132 e. The van der Waals surface area contributed by atoms with E-state index in [1.807, 2.05) is 6.92 Å². The molecule has 0 N–H and O–H groups in total. The highest BCUT2D eigenvalue weighted by molar-refractivity contribution is 5.41. The largest absolute Gasteiger partial charge is 0.356 e. The Morgan fingerprint density at radius 2 is 1.72 bits per heavy atom. The Balaban J connectivity index is 1.39. The third kappa shape index (κ3) is 3.35. The standard InChI is InChI=1S/C19H26N6/c1-13(2)17-6-19(23-12-22-17)25-9-15-7-24(8-16(15)10-25)11-18-14(3)20-4-5-21-18/h4-6,12-13,15-16H,7-11H2,1-3H3. The van der Waals surface area contributed by atoms with Gasteiger partial charge >= 0.3 is 0 Å². The summed E-state index contributed by atoms with van der Waals surface area (Å²) in [5, 5.41) is 0. The van der Waals surface area contributed by atoms with Gasteiger partial charge in [0.2, 0.25) is 0 Å². The quantitative estimate of drug-likeness (QED) is 0.852. The summed E-state index contributed by atoms with van der Waals surface area (Å²) in [4.78, 5) is 22.7. The van der Waals surface area contributed by atoms with Crippen LogP contribution in [0.4, 0.5) is 5.82 Å². The lowest BCUT2D eigenvalue weighted by Crippen LogP contribution is -2.29. The van der Waals surface area contributed by atoms with Crippen LogP contribution in [-0.4, -0.2) is 51.0 Å². The zero-order valence-corrected chi connectivity index (χ0v) is 15.3. The predicted molar refractivity (Wildman–Crippen MR) is 97.4 cm³/mol. The van der Waals surface area contributed by atoms with Crippen molar-refractivity contribution in [2.24, 2.45) is 11.8 Å². The number of rotatable bonds is 4. The molecule has 2 aromatic rings. The van der Waals surface area contributed by atoms with Gasteiger partial charge in [-0.05, 0) is 24.7 Å². The van der Waals surface area contributed by atoms with Crippen molar-refractivity contribution in [3.8, 4) is 0 Å². The van der Waals surface area contributed by atoms with E-state index in [1.54, 1.807) is 18.7 Å². The van der Waals surface area contributed by atoms with Gasteiger partial charge in [0.15, 0.2) is 0 Å². The molecule has 2 unspecified atom stereocenters. The summed E-state index contributed by atoms with van der Waals surface area (Å²) >= 11 is 0. The van der Waals surface area contributed by atoms with Gasteiger partial charge in [-0.1, -0.05) is 13.8 Å². The Hall–Kier alpha value is -2.08. The summed E-state index contributed by atoms with van der Waals surface area (Å²) in [6, 6.07) is 2.16. The van der Waals surface area contributed by atoms with Crippen LogP contribution in [-0.2, 0) is 6.54 Å². The second-order valence-electron chi connectivity index (χ2n) is 7.66. The van der Waals surface area contributed by atoms with Crippen LogP contribution in [0.2, 0.25) is 0 Å². The maximum absolute atomic E-state index is 4.51. The topological polar surface area (TPSA) is 58.0 Å². The van der Waals surface area contributed by atoms with Crippen LogP contribution < -0.4 is 4.90 Å². The molecule has 0 amide bonds. The van der Waals surface area contributed by atoms with E-state index in [1.165, 1.54) is 0 Å². The third-order valence-electron chi connectivity index (χ3n) is 5.51. The first-order valence-corrected chi connectivity index (χ1v) is 9.16. The fourth-order valence-electron chi connectivity index (χ4n) is 4.06. The molecule has 0 aromatic carbocycles. The Kier molecular flexibility index (Phi) is 4.37. The number of likely N-dealkylation sites (tertiary alicyclic amines) is 1. The summed E-state index contributed by atoms with van der Waals surface area (Å²) in [7, 11) is 0. The highest BCUT2D eigenvalue weighted by atomic mass is 15.3. The molecular formula is C19H26N6. The number of fused-ring (bicyclic) bond motifs is 1. The fourth-order valence-corrected chi connectivity index (χ4v) is 4.06. The minimum atomic E-state index is 0.439. The Labute approximate surface area is 149 Å². The van der Waals surface area contributed by atoms with Gasteiger partial charge in [0.05, 0.1) is 11.4 Å². The molecular weight excluding hydrogens is 312 g/mol. The molecule has 2 aliphatic rings. The summed E-state index contributed by atoms with van der Waals surface area (Å²) in [6.45, 7) is 11.8. The van der Waals surface area contributed by atoms with Crippen molar-refractivity contribution in [2.45, 2.75) is 33.2 Å². The molecule has 2 saturated heterocycles. The van der Waals surface area contributed by atoms with E-state index in [0.717, 1.165) is 67.5 Å². The molecule has 0 aliphatic carbocycles. The average molecular weight is 338 g/mol. The molecule has 2 aliphatic heterocycles. The van der Waals surface area contributed by atoms with Gasteiger partial charge in [-0.15, -0.1) is 0 Å². The van der Waals surface area contributed by atoms with Gasteiger partial charge in [-0.25, -0.2) is 9.97 Å². The van der Waals surface area contributed by atoms with Gasteiger partial charge in [0.1, 0.15) is 12.1 Å². The SMILES string of the molecule is Cc1nccnc1CN1CC2CN(c3cc(C(C)C)ncn3)CC2C1. The van der Waals surface area contributed by atoms with Gasteiger partial charge in [-0.2, -0.15) is 0 Å². The van der Waals surface area contributed by atoms with Crippen LogP contribution in [0.5, 0.6) is 0 Å². The molecule has 132 valence electrons. The summed E-state index contributed by atoms with van der Waals surface area (Å²) in [5.41, 5.74) is 3.28. The minimum absolute atomic E-state index is 0.439. The second-order valence-corrected chi connectivity index (χ2v) is 7.66. The van der Waals surface area contributed by atoms with Crippen molar-refractivity contribution in [3.05, 3.63) is 41.9 Å². The van der Waals surface area contributed by atoms with Crippen molar-refractivity contribution < 1.29 is 0 Å². The Morgan fingerprint density at radius 1 is 1.00 bits per heavy atom. The van der Waals surface area contributed by atoms with E-state index in [2.05, 4.69) is 49.6 Å². The average Bonchev–Trinajstić information content (AvgIpc) is 3.15. The molecule has 6 nitrogen and oxygen atoms in total. The van der Waals surface area contributed by atoms with E-state index >= 15 is 0 Å². The molecule has 25 heavy (non-hydrogen) atoms. The van der Waals surface area contributed by atoms with Crippen molar-refractivity contribution in [1.29, 1.82) is 0 Å². The second kappa shape index (κ2) is 6.67. The summed E-state index contributed by atoms with van der Waals surface area (Å²) in [6.07, 6.45) is 5.27. The van der Waals surface area contributed by atoms with Crippen molar-refractivity contribution in [3.63, 3.8) is 0 Å². The third-order valence-corrected chi connectivity index (χ3v) is 5.51. The lowest BCUT2D eigenvalue weighted by atomic mass is 10.0. The van der Waals surface area contributed by atoms with Crippen LogP contribution in [0.3, 0.4) is 0 Å². The summed E-state index contributed by atoms with van der Waals surface area (Å²) < 4.78 is 0. The first kappa shape index (κ1) is 16.4. The molecule has 2 aromatic heterocycles. The molecule has 4 heterocycles. The normalized spacial score (nSPS) is 23.4. The number of hydrogen-bond donors (Lipinski definition) is 0. The van der Waals surface area contributed by atoms with Crippen molar-refractivity contribution in [1.82, 2.24) is 24.8 Å². The Morgan fingerprint density at radius 3 is 2.40 bits per heavy atom. The highest BCUT2D eigenvalue weighted by Gasteiger charge is 2.40. The number of nitrogens with zero attached hydrogens (tertiary/aromatic N) is 6. The first-order valence-electron chi connectivity index (χ1n) is 9.16. The number of aromatic nitrogens is 4. The number of anilines is 1. The van der Waals surface area contributed by atoms with E-state index in [0.29, 0.717) is 5.92 Å². The van der Waals surface area contributed by atoms with Gasteiger partial charge < -0.3 is 4.90 Å². The summed E-state index contributed by atoms with van der Waals surface area (Å²) in [5.74, 6) is 2.96. The van der Waals surface area contributed by atoms with Crippen LogP contribution in [0.1, 0.15) is 36.8 Å². The van der Waals surface area contributed by atoms with Gasteiger partial charge in [0, 0.05) is 56.9 Å².